The minimum atomic E-state index is -0.466. The maximum absolute atomic E-state index is 12.6. The van der Waals surface area contributed by atoms with Crippen LogP contribution >= 0.6 is 0 Å². The van der Waals surface area contributed by atoms with Crippen LogP contribution in [0.4, 0.5) is 0 Å². The van der Waals surface area contributed by atoms with Crippen LogP contribution in [0, 0.1) is 20.8 Å². The minimum absolute atomic E-state index is 0.183. The molecule has 2 heteroatoms. The third kappa shape index (κ3) is 2.58. The Hall–Kier alpha value is -1.15. The third-order valence-electron chi connectivity index (χ3n) is 3.76. The van der Waals surface area contributed by atoms with Crippen LogP contribution < -0.4 is 0 Å². The Balaban J connectivity index is 3.27. The summed E-state index contributed by atoms with van der Waals surface area (Å²) in [5.41, 5.74) is 3.85. The molecule has 1 aromatic rings. The molecule has 0 heterocycles. The summed E-state index contributed by atoms with van der Waals surface area (Å²) in [5, 5.41) is 0. The number of hydrogen-bond donors (Lipinski definition) is 0. The van der Waals surface area contributed by atoms with Crippen LogP contribution in [0.5, 0.6) is 0 Å². The van der Waals surface area contributed by atoms with Crippen molar-refractivity contribution in [2.45, 2.75) is 40.2 Å². The molecule has 0 radical (unpaired) electrons. The molecule has 0 atom stereocenters. The monoisotopic (exact) mass is 233 g/mol. The molecule has 0 aliphatic heterocycles. The Bertz CT molecular complexity index is 444. The fourth-order valence-corrected chi connectivity index (χ4v) is 1.74. The zero-order valence-electron chi connectivity index (χ0n) is 12.0. The van der Waals surface area contributed by atoms with Crippen LogP contribution in [-0.4, -0.2) is 30.3 Å². The Morgan fingerprint density at radius 3 is 1.94 bits per heavy atom. The highest BCUT2D eigenvalue weighted by Crippen LogP contribution is 2.23. The summed E-state index contributed by atoms with van der Waals surface area (Å²) in [4.78, 5) is 14.5. The lowest BCUT2D eigenvalue weighted by Gasteiger charge is -2.31. The van der Waals surface area contributed by atoms with E-state index < -0.39 is 5.54 Å². The van der Waals surface area contributed by atoms with Gasteiger partial charge in [-0.1, -0.05) is 6.07 Å². The molecule has 0 bridgehead atoms. The molecule has 0 spiro atoms. The molecule has 94 valence electrons. The number of ketones is 1. The number of Topliss-reactive ketones (excluding diaryl/α,β-unsaturated/α-hetero) is 1. The molecular formula is C15H23NO. The van der Waals surface area contributed by atoms with Crippen molar-refractivity contribution in [2.75, 3.05) is 14.1 Å². The molecule has 0 saturated carbocycles. The maximum atomic E-state index is 12.6. The number of likely N-dealkylation sites (N-methyl/N-ethyl adjacent to an activating group) is 1. The second-order valence-electron chi connectivity index (χ2n) is 5.53. The van der Waals surface area contributed by atoms with Crippen molar-refractivity contribution in [3.05, 3.63) is 34.4 Å². The lowest BCUT2D eigenvalue weighted by Crippen LogP contribution is -2.46. The Morgan fingerprint density at radius 1 is 1.00 bits per heavy atom. The molecule has 0 amide bonds. The van der Waals surface area contributed by atoms with Crippen LogP contribution in [0.25, 0.3) is 0 Å². The summed E-state index contributed by atoms with van der Waals surface area (Å²) in [7, 11) is 3.88. The number of carbonyl (C=O) groups is 1. The van der Waals surface area contributed by atoms with Crippen molar-refractivity contribution in [3.8, 4) is 0 Å². The molecule has 0 aliphatic rings. The number of nitrogens with zero attached hydrogens (tertiary/aromatic N) is 1. The topological polar surface area (TPSA) is 20.3 Å². The number of benzene rings is 1. The van der Waals surface area contributed by atoms with Crippen LogP contribution in [0.3, 0.4) is 0 Å². The molecule has 0 fully saturated rings. The SMILES string of the molecule is Cc1cc(C)c(C(=O)C(C)(C)N(C)C)cc1C. The van der Waals surface area contributed by atoms with Gasteiger partial charge in [-0.05, 0) is 71.5 Å². The molecule has 0 N–H and O–H groups in total. The maximum Gasteiger partial charge on any atom is 0.182 e. The van der Waals surface area contributed by atoms with Gasteiger partial charge in [-0.25, -0.2) is 0 Å². The van der Waals surface area contributed by atoms with Crippen LogP contribution in [0.15, 0.2) is 12.1 Å². The predicted molar refractivity (Wildman–Crippen MR) is 72.7 cm³/mol. The first-order chi connectivity index (χ1) is 7.67. The van der Waals surface area contributed by atoms with Gasteiger partial charge in [-0.2, -0.15) is 0 Å². The van der Waals surface area contributed by atoms with Gasteiger partial charge >= 0.3 is 0 Å². The van der Waals surface area contributed by atoms with Gasteiger partial charge in [0.1, 0.15) is 0 Å². The highest BCUT2D eigenvalue weighted by atomic mass is 16.1. The molecule has 0 aliphatic carbocycles. The zero-order valence-corrected chi connectivity index (χ0v) is 12.0. The van der Waals surface area contributed by atoms with E-state index in [0.717, 1.165) is 11.1 Å². The van der Waals surface area contributed by atoms with E-state index in [1.165, 1.54) is 11.1 Å². The number of carbonyl (C=O) groups excluding carboxylic acids is 1. The van der Waals surface area contributed by atoms with Crippen molar-refractivity contribution in [1.29, 1.82) is 0 Å². The standard InChI is InChI=1S/C15H23NO/c1-10-8-12(3)13(9-11(10)2)14(17)15(4,5)16(6)7/h8-9H,1-7H3. The van der Waals surface area contributed by atoms with Crippen molar-refractivity contribution < 1.29 is 4.79 Å². The van der Waals surface area contributed by atoms with Crippen LogP contribution in [-0.2, 0) is 0 Å². The summed E-state index contributed by atoms with van der Waals surface area (Å²) in [6.07, 6.45) is 0. The lowest BCUT2D eigenvalue weighted by molar-refractivity contribution is 0.0754. The average molecular weight is 233 g/mol. The van der Waals surface area contributed by atoms with Crippen molar-refractivity contribution in [2.24, 2.45) is 0 Å². The summed E-state index contributed by atoms with van der Waals surface area (Å²) >= 11 is 0. The summed E-state index contributed by atoms with van der Waals surface area (Å²) in [5.74, 6) is 0.183. The number of rotatable bonds is 3. The molecule has 1 rings (SSSR count). The van der Waals surface area contributed by atoms with Crippen LogP contribution in [0.2, 0.25) is 0 Å². The van der Waals surface area contributed by atoms with Crippen molar-refractivity contribution >= 4 is 5.78 Å². The van der Waals surface area contributed by atoms with Crippen LogP contribution in [0.1, 0.15) is 40.9 Å². The molecule has 2 nitrogen and oxygen atoms in total. The van der Waals surface area contributed by atoms with Gasteiger partial charge in [0.25, 0.3) is 0 Å². The van der Waals surface area contributed by atoms with E-state index in [1.54, 1.807) is 0 Å². The Morgan fingerprint density at radius 2 is 1.47 bits per heavy atom. The highest BCUT2D eigenvalue weighted by molar-refractivity contribution is 6.04. The van der Waals surface area contributed by atoms with E-state index in [2.05, 4.69) is 13.0 Å². The third-order valence-corrected chi connectivity index (χ3v) is 3.76. The molecular weight excluding hydrogens is 210 g/mol. The molecule has 0 unspecified atom stereocenters. The first kappa shape index (κ1) is 13.9. The second-order valence-corrected chi connectivity index (χ2v) is 5.53. The van der Waals surface area contributed by atoms with Crippen molar-refractivity contribution in [3.63, 3.8) is 0 Å². The number of aryl methyl sites for hydroxylation is 3. The second kappa shape index (κ2) is 4.61. The Labute approximate surface area is 105 Å². The zero-order chi connectivity index (χ0) is 13.4. The summed E-state index contributed by atoms with van der Waals surface area (Å²) in [6, 6.07) is 4.10. The van der Waals surface area contributed by atoms with Gasteiger partial charge < -0.3 is 0 Å². The van der Waals surface area contributed by atoms with E-state index in [9.17, 15) is 4.79 Å². The van der Waals surface area contributed by atoms with Gasteiger partial charge in [-0.3, -0.25) is 9.69 Å². The molecule has 0 aromatic heterocycles. The molecule has 17 heavy (non-hydrogen) atoms. The van der Waals surface area contributed by atoms with Gasteiger partial charge in [-0.15, -0.1) is 0 Å². The van der Waals surface area contributed by atoms with Gasteiger partial charge in [0, 0.05) is 5.56 Å². The molecule has 0 saturated heterocycles. The summed E-state index contributed by atoms with van der Waals surface area (Å²) in [6.45, 7) is 10.1. The van der Waals surface area contributed by atoms with E-state index in [1.807, 2.05) is 52.8 Å². The van der Waals surface area contributed by atoms with Gasteiger partial charge in [0.15, 0.2) is 5.78 Å². The average Bonchev–Trinajstić information content (AvgIpc) is 2.22. The lowest BCUT2D eigenvalue weighted by atomic mass is 9.88. The normalized spacial score (nSPS) is 12.0. The Kier molecular flexibility index (Phi) is 3.78. The van der Waals surface area contributed by atoms with E-state index in [0.29, 0.717) is 0 Å². The first-order valence-electron chi connectivity index (χ1n) is 5.98. The highest BCUT2D eigenvalue weighted by Gasteiger charge is 2.31. The number of hydrogen-bond acceptors (Lipinski definition) is 2. The minimum Gasteiger partial charge on any atom is -0.297 e. The van der Waals surface area contributed by atoms with Gasteiger partial charge in [0.2, 0.25) is 0 Å². The quantitative estimate of drug-likeness (QED) is 0.748. The first-order valence-corrected chi connectivity index (χ1v) is 5.98. The van der Waals surface area contributed by atoms with E-state index in [4.69, 9.17) is 0 Å². The van der Waals surface area contributed by atoms with E-state index >= 15 is 0 Å². The van der Waals surface area contributed by atoms with Crippen molar-refractivity contribution in [1.82, 2.24) is 4.90 Å². The summed E-state index contributed by atoms with van der Waals surface area (Å²) < 4.78 is 0. The smallest absolute Gasteiger partial charge is 0.182 e. The fourth-order valence-electron chi connectivity index (χ4n) is 1.74. The largest absolute Gasteiger partial charge is 0.297 e. The predicted octanol–water partition coefficient (Wildman–Crippen LogP) is 3.13. The fraction of sp³-hybridized carbons (Fsp3) is 0.533. The van der Waals surface area contributed by atoms with Gasteiger partial charge in [0.05, 0.1) is 5.54 Å². The van der Waals surface area contributed by atoms with E-state index in [-0.39, 0.29) is 5.78 Å². The molecule has 1 aromatic carbocycles.